The van der Waals surface area contributed by atoms with Gasteiger partial charge in [-0.1, -0.05) is 6.07 Å². The fraction of sp³-hybridized carbons (Fsp3) is 0.500. The van der Waals surface area contributed by atoms with Crippen LogP contribution in [0.4, 0.5) is 4.39 Å². The molecule has 2 rings (SSSR count). The zero-order valence-electron chi connectivity index (χ0n) is 16.2. The van der Waals surface area contributed by atoms with Crippen molar-refractivity contribution in [3.8, 4) is 0 Å². The largest absolute Gasteiger partial charge is 0.357 e. The molecule has 0 bridgehead atoms. The second-order valence-electron chi connectivity index (χ2n) is 6.51. The van der Waals surface area contributed by atoms with E-state index in [0.29, 0.717) is 23.6 Å². The number of benzene rings is 1. The molecule has 1 aromatic carbocycles. The summed E-state index contributed by atoms with van der Waals surface area (Å²) in [5.41, 5.74) is 1.13. The van der Waals surface area contributed by atoms with Crippen LogP contribution < -0.4 is 10.6 Å². The van der Waals surface area contributed by atoms with Gasteiger partial charge in [0.2, 0.25) is 0 Å². The van der Waals surface area contributed by atoms with Crippen molar-refractivity contribution in [2.75, 3.05) is 19.3 Å². The van der Waals surface area contributed by atoms with Gasteiger partial charge in [0.15, 0.2) is 15.8 Å². The van der Waals surface area contributed by atoms with E-state index in [1.54, 1.807) is 12.7 Å². The first-order valence-corrected chi connectivity index (χ1v) is 11.2. The molecule has 0 aliphatic carbocycles. The molecule has 0 amide bonds. The predicted molar refractivity (Wildman–Crippen MR) is 107 cm³/mol. The molecule has 0 unspecified atom stereocenters. The summed E-state index contributed by atoms with van der Waals surface area (Å²) in [6.45, 7) is 4.42. The molecule has 0 radical (unpaired) electrons. The van der Waals surface area contributed by atoms with E-state index in [-0.39, 0.29) is 12.3 Å². The summed E-state index contributed by atoms with van der Waals surface area (Å²) in [5.74, 6) is 0.0707. The summed E-state index contributed by atoms with van der Waals surface area (Å²) in [7, 11) is -3.21. The van der Waals surface area contributed by atoms with Gasteiger partial charge in [-0.3, -0.25) is 0 Å². The molecule has 2 N–H and O–H groups in total. The average molecular weight is 411 g/mol. The van der Waals surface area contributed by atoms with E-state index in [2.05, 4.69) is 25.8 Å². The molecule has 2 aromatic rings. The molecule has 0 atom stereocenters. The first-order valence-electron chi connectivity index (χ1n) is 9.17. The second-order valence-corrected chi connectivity index (χ2v) is 8.65. The van der Waals surface area contributed by atoms with Gasteiger partial charge in [-0.2, -0.15) is 0 Å². The van der Waals surface area contributed by atoms with Gasteiger partial charge in [0.05, 0.1) is 12.3 Å². The zero-order chi connectivity index (χ0) is 20.4. The van der Waals surface area contributed by atoms with Crippen LogP contribution in [0.5, 0.6) is 0 Å². The summed E-state index contributed by atoms with van der Waals surface area (Å²) in [5, 5.41) is 13.9. The first-order chi connectivity index (χ1) is 13.4. The molecule has 0 aliphatic rings. The molecular weight excluding hydrogens is 383 g/mol. The number of rotatable bonds is 10. The molecule has 8 nitrogen and oxygen atoms in total. The Morgan fingerprint density at radius 1 is 1.18 bits per heavy atom. The molecule has 0 fully saturated rings. The Morgan fingerprint density at radius 3 is 2.61 bits per heavy atom. The number of unbranched alkanes of at least 4 members (excludes halogenated alkanes) is 1. The van der Waals surface area contributed by atoms with Crippen LogP contribution in [-0.2, 0) is 28.7 Å². The fourth-order valence-corrected chi connectivity index (χ4v) is 3.48. The number of aryl methyl sites for hydroxylation is 1. The Bertz CT molecular complexity index is 868. The van der Waals surface area contributed by atoms with E-state index < -0.39 is 15.7 Å². The van der Waals surface area contributed by atoms with Gasteiger partial charge < -0.3 is 15.2 Å². The number of halogens is 1. The smallest absolute Gasteiger partial charge is 0.191 e. The van der Waals surface area contributed by atoms with E-state index in [1.807, 2.05) is 11.5 Å². The van der Waals surface area contributed by atoms with E-state index in [1.165, 1.54) is 18.2 Å². The van der Waals surface area contributed by atoms with Gasteiger partial charge in [-0.25, -0.2) is 17.8 Å². The fourth-order valence-electron chi connectivity index (χ4n) is 2.63. The van der Waals surface area contributed by atoms with Gasteiger partial charge in [-0.05, 0) is 43.0 Å². The maximum absolute atomic E-state index is 13.6. The van der Waals surface area contributed by atoms with E-state index in [0.717, 1.165) is 32.2 Å². The quantitative estimate of drug-likeness (QED) is 0.350. The molecule has 154 valence electrons. The van der Waals surface area contributed by atoms with Crippen molar-refractivity contribution in [3.63, 3.8) is 0 Å². The summed E-state index contributed by atoms with van der Waals surface area (Å²) in [4.78, 5) is 4.47. The Hall–Kier alpha value is -2.49. The molecule has 0 spiro atoms. The van der Waals surface area contributed by atoms with Crippen LogP contribution >= 0.6 is 0 Å². The summed E-state index contributed by atoms with van der Waals surface area (Å²) in [6, 6.07) is 4.12. The van der Waals surface area contributed by atoms with Crippen LogP contribution in [0.15, 0.2) is 35.8 Å². The minimum absolute atomic E-state index is 0.134. The average Bonchev–Trinajstić information content (AvgIpc) is 3.13. The lowest BCUT2D eigenvalue weighted by Gasteiger charge is -2.12. The Labute approximate surface area is 165 Å². The predicted octanol–water partition coefficient (Wildman–Crippen LogP) is 1.50. The number of guanidine groups is 1. The second kappa shape index (κ2) is 10.7. The zero-order valence-corrected chi connectivity index (χ0v) is 17.0. The van der Waals surface area contributed by atoms with Crippen LogP contribution in [0.1, 0.15) is 30.9 Å². The van der Waals surface area contributed by atoms with Crippen molar-refractivity contribution in [2.24, 2.45) is 4.99 Å². The Morgan fingerprint density at radius 2 is 1.93 bits per heavy atom. The molecule has 10 heteroatoms. The number of hydrogen-bond acceptors (Lipinski definition) is 5. The SMILES string of the molecule is CCNC(=NCc1cc(F)ccc1CS(C)(=O)=O)NCCCCn1cnnc1. The highest BCUT2D eigenvalue weighted by Crippen LogP contribution is 2.15. The van der Waals surface area contributed by atoms with Crippen molar-refractivity contribution < 1.29 is 12.8 Å². The normalized spacial score (nSPS) is 12.2. The molecule has 0 saturated carbocycles. The highest BCUT2D eigenvalue weighted by atomic mass is 32.2. The lowest BCUT2D eigenvalue weighted by Crippen LogP contribution is -2.37. The van der Waals surface area contributed by atoms with Gasteiger partial charge in [0.25, 0.3) is 0 Å². The lowest BCUT2D eigenvalue weighted by molar-refractivity contribution is 0.597. The van der Waals surface area contributed by atoms with Gasteiger partial charge in [0.1, 0.15) is 18.5 Å². The van der Waals surface area contributed by atoms with Gasteiger partial charge in [-0.15, -0.1) is 10.2 Å². The minimum atomic E-state index is -3.21. The number of nitrogens with zero attached hydrogens (tertiary/aromatic N) is 4. The number of aliphatic imine (C=N–C) groups is 1. The number of nitrogens with one attached hydrogen (secondary N) is 2. The van der Waals surface area contributed by atoms with E-state index >= 15 is 0 Å². The van der Waals surface area contributed by atoms with Crippen molar-refractivity contribution >= 4 is 15.8 Å². The van der Waals surface area contributed by atoms with E-state index in [4.69, 9.17) is 0 Å². The maximum atomic E-state index is 13.6. The highest BCUT2D eigenvalue weighted by molar-refractivity contribution is 7.89. The molecular formula is C18H27FN6O2S. The Kier molecular flexibility index (Phi) is 8.37. The number of sulfone groups is 1. The molecule has 0 aliphatic heterocycles. The molecule has 28 heavy (non-hydrogen) atoms. The third-order valence-electron chi connectivity index (χ3n) is 3.94. The van der Waals surface area contributed by atoms with E-state index in [9.17, 15) is 12.8 Å². The van der Waals surface area contributed by atoms with Crippen LogP contribution in [0.25, 0.3) is 0 Å². The van der Waals surface area contributed by atoms with Gasteiger partial charge in [0, 0.05) is 25.9 Å². The minimum Gasteiger partial charge on any atom is -0.357 e. The highest BCUT2D eigenvalue weighted by Gasteiger charge is 2.10. The summed E-state index contributed by atoms with van der Waals surface area (Å²) < 4.78 is 38.7. The maximum Gasteiger partial charge on any atom is 0.191 e. The molecule has 0 saturated heterocycles. The third kappa shape index (κ3) is 8.03. The molecule has 1 aromatic heterocycles. The standard InChI is InChI=1S/C18H27FN6O2S/c1-3-20-18(21-8-4-5-9-25-13-23-24-14-25)22-11-16-10-17(19)7-6-15(16)12-28(2,26)27/h6-7,10,13-14H,3-5,8-9,11-12H2,1-2H3,(H2,20,21,22). The van der Waals surface area contributed by atoms with Gasteiger partial charge >= 0.3 is 0 Å². The van der Waals surface area contributed by atoms with Crippen molar-refractivity contribution in [2.45, 2.75) is 38.6 Å². The topological polar surface area (TPSA) is 101 Å². The first kappa shape index (κ1) is 21.8. The summed E-state index contributed by atoms with van der Waals surface area (Å²) >= 11 is 0. The molecule has 1 heterocycles. The number of aromatic nitrogens is 3. The van der Waals surface area contributed by atoms with Crippen LogP contribution in [-0.4, -0.2) is 48.5 Å². The lowest BCUT2D eigenvalue weighted by atomic mass is 10.1. The van der Waals surface area contributed by atoms with Crippen LogP contribution in [0.3, 0.4) is 0 Å². The van der Waals surface area contributed by atoms with Crippen molar-refractivity contribution in [3.05, 3.63) is 47.8 Å². The van der Waals surface area contributed by atoms with Crippen molar-refractivity contribution in [1.82, 2.24) is 25.4 Å². The Balaban J connectivity index is 1.93. The van der Waals surface area contributed by atoms with Crippen molar-refractivity contribution in [1.29, 1.82) is 0 Å². The number of hydrogen-bond donors (Lipinski definition) is 2. The monoisotopic (exact) mass is 410 g/mol. The van der Waals surface area contributed by atoms with Crippen LogP contribution in [0.2, 0.25) is 0 Å². The van der Waals surface area contributed by atoms with Crippen LogP contribution in [0, 0.1) is 5.82 Å². The third-order valence-corrected chi connectivity index (χ3v) is 4.78. The summed E-state index contributed by atoms with van der Waals surface area (Å²) in [6.07, 6.45) is 6.43.